The van der Waals surface area contributed by atoms with Gasteiger partial charge in [-0.3, -0.25) is 4.79 Å². The van der Waals surface area contributed by atoms with E-state index in [-0.39, 0.29) is 5.12 Å². The number of hydrogen-bond acceptors (Lipinski definition) is 4. The van der Waals surface area contributed by atoms with Gasteiger partial charge in [-0.05, 0) is 18.4 Å². The van der Waals surface area contributed by atoms with Gasteiger partial charge in [0.2, 0.25) is 5.12 Å². The quantitative estimate of drug-likeness (QED) is 0.677. The third kappa shape index (κ3) is 3.29. The first kappa shape index (κ1) is 10.3. The zero-order valence-electron chi connectivity index (χ0n) is 6.78. The van der Waals surface area contributed by atoms with Crippen molar-refractivity contribution >= 4 is 40.4 Å². The van der Waals surface area contributed by atoms with E-state index in [1.807, 2.05) is 23.5 Å². The highest BCUT2D eigenvalue weighted by Crippen LogP contribution is 2.40. The van der Waals surface area contributed by atoms with Crippen LogP contribution in [0.5, 0.6) is 0 Å². The molecule has 0 aromatic heterocycles. The summed E-state index contributed by atoms with van der Waals surface area (Å²) in [4.78, 5) is 12.2. The van der Waals surface area contributed by atoms with Crippen molar-refractivity contribution in [2.75, 3.05) is 5.75 Å². The Hall–Kier alpha value is 0.200. The second-order valence-corrected chi connectivity index (χ2v) is 6.18. The molecule has 1 heterocycles. The Morgan fingerprint density at radius 3 is 3.17 bits per heavy atom. The zero-order chi connectivity index (χ0) is 8.97. The zero-order valence-corrected chi connectivity index (χ0v) is 9.23. The summed E-state index contributed by atoms with van der Waals surface area (Å²) in [5.41, 5.74) is 0. The van der Waals surface area contributed by atoms with E-state index in [0.29, 0.717) is 4.58 Å². The lowest BCUT2D eigenvalue weighted by Gasteiger charge is -1.99. The van der Waals surface area contributed by atoms with Gasteiger partial charge >= 0.3 is 0 Å². The molecule has 0 spiro atoms. The van der Waals surface area contributed by atoms with Crippen LogP contribution in [0.4, 0.5) is 0 Å². The van der Waals surface area contributed by atoms with Crippen molar-refractivity contribution in [3.8, 4) is 0 Å². The molecule has 0 saturated carbocycles. The van der Waals surface area contributed by atoms with Crippen molar-refractivity contribution in [3.05, 3.63) is 23.0 Å². The van der Waals surface area contributed by atoms with Crippen LogP contribution in [-0.2, 0) is 4.79 Å². The van der Waals surface area contributed by atoms with Crippen molar-refractivity contribution in [2.45, 2.75) is 11.5 Å². The second-order valence-electron chi connectivity index (χ2n) is 2.22. The molecule has 1 aliphatic heterocycles. The minimum absolute atomic E-state index is 0.0565. The Bertz CT molecular complexity index is 222. The molecule has 0 N–H and O–H groups in total. The van der Waals surface area contributed by atoms with Gasteiger partial charge in [-0.15, -0.1) is 23.5 Å². The summed E-state index contributed by atoms with van der Waals surface area (Å²) in [6, 6.07) is 0. The molecule has 66 valence electrons. The standard InChI is InChI=1S/C8H10OS3/c1-3-8(9)11-5-7-4-10-6(2)12-7/h3-4,6H,1,5H2,2H3. The van der Waals surface area contributed by atoms with Gasteiger partial charge in [0.1, 0.15) is 0 Å². The maximum Gasteiger partial charge on any atom is 0.211 e. The molecule has 1 unspecified atom stereocenters. The predicted molar refractivity (Wildman–Crippen MR) is 60.4 cm³/mol. The van der Waals surface area contributed by atoms with Crippen LogP contribution < -0.4 is 0 Å². The fraction of sp³-hybridized carbons (Fsp3) is 0.375. The van der Waals surface area contributed by atoms with Crippen LogP contribution in [0.15, 0.2) is 23.0 Å². The predicted octanol–water partition coefficient (Wildman–Crippen LogP) is 3.10. The fourth-order valence-electron chi connectivity index (χ4n) is 0.710. The normalized spacial score (nSPS) is 22.1. The Kier molecular flexibility index (Phi) is 4.32. The molecule has 4 heteroatoms. The van der Waals surface area contributed by atoms with Gasteiger partial charge in [0.25, 0.3) is 0 Å². The Morgan fingerprint density at radius 1 is 1.92 bits per heavy atom. The van der Waals surface area contributed by atoms with Gasteiger partial charge < -0.3 is 0 Å². The molecule has 1 rings (SSSR count). The smallest absolute Gasteiger partial charge is 0.211 e. The summed E-state index contributed by atoms with van der Waals surface area (Å²) < 4.78 is 0.611. The van der Waals surface area contributed by atoms with Crippen LogP contribution in [0.2, 0.25) is 0 Å². The van der Waals surface area contributed by atoms with Gasteiger partial charge in [0.05, 0.1) is 4.58 Å². The summed E-state index contributed by atoms with van der Waals surface area (Å²) in [5.74, 6) is 0.798. The van der Waals surface area contributed by atoms with E-state index in [1.165, 1.54) is 22.7 Å². The lowest BCUT2D eigenvalue weighted by molar-refractivity contribution is -0.107. The van der Waals surface area contributed by atoms with Crippen molar-refractivity contribution < 1.29 is 4.79 Å². The van der Waals surface area contributed by atoms with E-state index in [0.717, 1.165) is 5.75 Å². The van der Waals surface area contributed by atoms with E-state index in [2.05, 4.69) is 18.9 Å². The molecule has 0 aromatic rings. The molecule has 0 radical (unpaired) electrons. The summed E-state index contributed by atoms with van der Waals surface area (Å²) in [7, 11) is 0. The highest BCUT2D eigenvalue weighted by atomic mass is 32.2. The molecule has 0 aromatic carbocycles. The first-order valence-corrected chi connectivity index (χ1v) is 6.33. The molecule has 0 fully saturated rings. The fourth-order valence-corrected chi connectivity index (χ4v) is 3.75. The van der Waals surface area contributed by atoms with Crippen LogP contribution in [-0.4, -0.2) is 15.5 Å². The van der Waals surface area contributed by atoms with Gasteiger partial charge in [-0.25, -0.2) is 0 Å². The van der Waals surface area contributed by atoms with E-state index >= 15 is 0 Å². The number of hydrogen-bond donors (Lipinski definition) is 0. The molecule has 0 saturated heterocycles. The maximum absolute atomic E-state index is 10.9. The summed E-state index contributed by atoms with van der Waals surface area (Å²) in [6.07, 6.45) is 1.36. The first-order chi connectivity index (χ1) is 5.72. The molecule has 1 atom stereocenters. The summed E-state index contributed by atoms with van der Waals surface area (Å²) in [5, 5.41) is 2.19. The van der Waals surface area contributed by atoms with Crippen molar-refractivity contribution in [1.29, 1.82) is 0 Å². The van der Waals surface area contributed by atoms with Gasteiger partial charge in [-0.1, -0.05) is 18.3 Å². The van der Waals surface area contributed by atoms with Crippen molar-refractivity contribution in [2.24, 2.45) is 0 Å². The van der Waals surface area contributed by atoms with Crippen molar-refractivity contribution in [1.82, 2.24) is 0 Å². The van der Waals surface area contributed by atoms with E-state index in [1.54, 1.807) is 0 Å². The molecule has 1 aliphatic rings. The molecular weight excluding hydrogens is 208 g/mol. The number of carbonyl (C=O) groups excluding carboxylic acids is 1. The number of carbonyl (C=O) groups is 1. The SMILES string of the molecule is C=CC(=O)SCC1=CSC(C)S1. The average Bonchev–Trinajstić information content (AvgIpc) is 2.47. The van der Waals surface area contributed by atoms with E-state index in [9.17, 15) is 4.79 Å². The van der Waals surface area contributed by atoms with Gasteiger partial charge in [0.15, 0.2) is 0 Å². The molecule has 12 heavy (non-hydrogen) atoms. The molecule has 0 aliphatic carbocycles. The third-order valence-electron chi connectivity index (χ3n) is 1.23. The van der Waals surface area contributed by atoms with E-state index in [4.69, 9.17) is 0 Å². The van der Waals surface area contributed by atoms with Crippen LogP contribution >= 0.6 is 35.3 Å². The van der Waals surface area contributed by atoms with Gasteiger partial charge in [0, 0.05) is 10.7 Å². The topological polar surface area (TPSA) is 17.1 Å². The van der Waals surface area contributed by atoms with Gasteiger partial charge in [-0.2, -0.15) is 0 Å². The highest BCUT2D eigenvalue weighted by Gasteiger charge is 2.14. The average molecular weight is 218 g/mol. The van der Waals surface area contributed by atoms with Crippen LogP contribution in [0.3, 0.4) is 0 Å². The first-order valence-electron chi connectivity index (χ1n) is 3.52. The lowest BCUT2D eigenvalue weighted by Crippen LogP contribution is -1.88. The summed E-state index contributed by atoms with van der Waals surface area (Å²) in [6.45, 7) is 5.58. The van der Waals surface area contributed by atoms with Crippen LogP contribution in [0, 0.1) is 0 Å². The Balaban J connectivity index is 2.24. The Labute approximate surface area is 85.4 Å². The van der Waals surface area contributed by atoms with Crippen molar-refractivity contribution in [3.63, 3.8) is 0 Å². The summed E-state index contributed by atoms with van der Waals surface area (Å²) >= 11 is 4.97. The Morgan fingerprint density at radius 2 is 2.67 bits per heavy atom. The second kappa shape index (κ2) is 5.04. The van der Waals surface area contributed by atoms with Crippen LogP contribution in [0.25, 0.3) is 0 Å². The minimum atomic E-state index is 0.0565. The largest absolute Gasteiger partial charge is 0.282 e. The van der Waals surface area contributed by atoms with Crippen LogP contribution in [0.1, 0.15) is 6.92 Å². The minimum Gasteiger partial charge on any atom is -0.282 e. The lowest BCUT2D eigenvalue weighted by atomic mass is 10.7. The third-order valence-corrected chi connectivity index (χ3v) is 4.79. The molecular formula is C8H10OS3. The molecule has 1 nitrogen and oxygen atoms in total. The monoisotopic (exact) mass is 218 g/mol. The maximum atomic E-state index is 10.9. The van der Waals surface area contributed by atoms with E-state index < -0.39 is 0 Å². The number of thioether (sulfide) groups is 3. The highest BCUT2D eigenvalue weighted by molar-refractivity contribution is 8.24. The molecule has 0 amide bonds. The number of rotatable bonds is 3. The molecule has 0 bridgehead atoms.